The Morgan fingerprint density at radius 1 is 1.12 bits per heavy atom. The number of carbonyl (C=O) groups is 2. The highest BCUT2D eigenvalue weighted by molar-refractivity contribution is 5.68. The van der Waals surface area contributed by atoms with Crippen molar-refractivity contribution < 1.29 is 19.1 Å². The van der Waals surface area contributed by atoms with Gasteiger partial charge in [0.15, 0.2) is 0 Å². The third-order valence-corrected chi connectivity index (χ3v) is 4.87. The van der Waals surface area contributed by atoms with Gasteiger partial charge in [0.2, 0.25) is 0 Å². The van der Waals surface area contributed by atoms with Gasteiger partial charge >= 0.3 is 12.2 Å². The van der Waals surface area contributed by atoms with Gasteiger partial charge in [0, 0.05) is 30.2 Å². The van der Waals surface area contributed by atoms with Crippen LogP contribution in [0, 0.1) is 5.41 Å². The van der Waals surface area contributed by atoms with E-state index in [-0.39, 0.29) is 17.0 Å². The number of amides is 2. The summed E-state index contributed by atoms with van der Waals surface area (Å²) in [6.45, 7) is 14.2. The first-order valence-corrected chi connectivity index (χ1v) is 11.8. The molecule has 2 aromatic heterocycles. The largest absolute Gasteiger partial charge is 0.450 e. The van der Waals surface area contributed by atoms with E-state index >= 15 is 0 Å². The van der Waals surface area contributed by atoms with Crippen molar-refractivity contribution >= 4 is 12.2 Å². The molecule has 0 atom stereocenters. The van der Waals surface area contributed by atoms with Gasteiger partial charge in [-0.25, -0.2) is 19.6 Å². The molecular weight excluding hydrogens is 436 g/mol. The smallest absolute Gasteiger partial charge is 0.407 e. The van der Waals surface area contributed by atoms with Crippen LogP contribution in [-0.4, -0.2) is 50.5 Å². The van der Waals surface area contributed by atoms with Crippen molar-refractivity contribution in [3.63, 3.8) is 0 Å². The van der Waals surface area contributed by atoms with Crippen LogP contribution in [0.2, 0.25) is 0 Å². The van der Waals surface area contributed by atoms with Gasteiger partial charge in [-0.1, -0.05) is 27.7 Å². The molecule has 192 valence electrons. The molecule has 0 saturated heterocycles. The van der Waals surface area contributed by atoms with Gasteiger partial charge in [-0.3, -0.25) is 0 Å². The number of hydrogen-bond donors (Lipinski definition) is 3. The quantitative estimate of drug-likeness (QED) is 0.414. The van der Waals surface area contributed by atoms with Crippen LogP contribution in [0.1, 0.15) is 72.2 Å². The summed E-state index contributed by atoms with van der Waals surface area (Å²) in [5.41, 5.74) is 6.97. The van der Waals surface area contributed by atoms with Crippen molar-refractivity contribution in [1.29, 1.82) is 0 Å². The highest BCUT2D eigenvalue weighted by Crippen LogP contribution is 2.16. The molecule has 0 aliphatic heterocycles. The number of alkyl carbamates (subject to hydrolysis) is 1. The minimum Gasteiger partial charge on any atom is -0.450 e. The number of nitrogens with two attached hydrogens (primary N) is 1. The Morgan fingerprint density at radius 3 is 2.38 bits per heavy atom. The molecule has 0 fully saturated rings. The maximum atomic E-state index is 11.4. The molecule has 0 unspecified atom stereocenters. The van der Waals surface area contributed by atoms with E-state index in [0.717, 1.165) is 50.0 Å². The number of rotatable bonds is 11. The first kappa shape index (κ1) is 29.0. The predicted molar refractivity (Wildman–Crippen MR) is 131 cm³/mol. The fraction of sp³-hybridized carbons (Fsp3) is 0.667. The number of hydrogen-bond acceptors (Lipinski definition) is 6. The Kier molecular flexibility index (Phi) is 12.2. The minimum atomic E-state index is -0.719. The van der Waals surface area contributed by atoms with Gasteiger partial charge in [-0.05, 0) is 51.4 Å². The molecule has 0 bridgehead atoms. The third kappa shape index (κ3) is 14.2. The van der Waals surface area contributed by atoms with Crippen LogP contribution < -0.4 is 11.1 Å². The topological polar surface area (TPSA) is 137 Å². The molecule has 2 amide bonds. The first-order valence-electron chi connectivity index (χ1n) is 11.8. The Hall–Kier alpha value is -3.04. The maximum Gasteiger partial charge on any atom is 0.407 e. The summed E-state index contributed by atoms with van der Waals surface area (Å²) in [6.07, 6.45) is 10.3. The monoisotopic (exact) mass is 478 g/mol. The second-order valence-corrected chi connectivity index (χ2v) is 10.0. The summed E-state index contributed by atoms with van der Waals surface area (Å²) in [4.78, 5) is 33.0. The Morgan fingerprint density at radius 2 is 1.79 bits per heavy atom. The van der Waals surface area contributed by atoms with Crippen molar-refractivity contribution in [2.24, 2.45) is 11.1 Å². The molecule has 2 aromatic rings. The van der Waals surface area contributed by atoms with Crippen LogP contribution in [0.3, 0.4) is 0 Å². The number of ether oxygens (including phenoxy) is 2. The average molecular weight is 479 g/mol. The first-order chi connectivity index (χ1) is 15.9. The van der Waals surface area contributed by atoms with E-state index in [1.807, 2.05) is 33.3 Å². The fourth-order valence-electron chi connectivity index (χ4n) is 2.85. The Balaban J connectivity index is 0.000000340. The van der Waals surface area contributed by atoms with Gasteiger partial charge in [-0.15, -0.1) is 0 Å². The number of carbonyl (C=O) groups excluding carboxylic acids is 2. The zero-order valence-electron chi connectivity index (χ0n) is 21.5. The van der Waals surface area contributed by atoms with Gasteiger partial charge in [0.1, 0.15) is 0 Å². The van der Waals surface area contributed by atoms with Gasteiger partial charge < -0.3 is 30.1 Å². The van der Waals surface area contributed by atoms with Crippen molar-refractivity contribution in [1.82, 2.24) is 24.8 Å². The van der Waals surface area contributed by atoms with Gasteiger partial charge in [0.25, 0.3) is 0 Å². The van der Waals surface area contributed by atoms with Crippen LogP contribution in [0.25, 0.3) is 0 Å². The van der Waals surface area contributed by atoms with E-state index < -0.39 is 6.09 Å². The van der Waals surface area contributed by atoms with E-state index in [2.05, 4.69) is 50.3 Å². The van der Waals surface area contributed by atoms with Crippen LogP contribution >= 0.6 is 0 Å². The minimum absolute atomic E-state index is 0.208. The van der Waals surface area contributed by atoms with Crippen molar-refractivity contribution in [2.75, 3.05) is 13.2 Å². The molecule has 10 heteroatoms. The van der Waals surface area contributed by atoms with Crippen molar-refractivity contribution in [3.8, 4) is 0 Å². The molecule has 2 rings (SSSR count). The maximum absolute atomic E-state index is 11.4. The van der Waals surface area contributed by atoms with Crippen LogP contribution in [0.15, 0.2) is 25.0 Å². The molecule has 2 heterocycles. The summed E-state index contributed by atoms with van der Waals surface area (Å²) in [7, 11) is 0. The number of nitrogens with zero attached hydrogens (tertiary/aromatic N) is 3. The summed E-state index contributed by atoms with van der Waals surface area (Å²) in [6, 6.07) is 0. The normalized spacial score (nSPS) is 11.4. The molecule has 34 heavy (non-hydrogen) atoms. The zero-order valence-corrected chi connectivity index (χ0v) is 21.5. The lowest BCUT2D eigenvalue weighted by Crippen LogP contribution is -2.43. The average Bonchev–Trinajstić information content (AvgIpc) is 3.39. The number of aromatic amines is 1. The van der Waals surface area contributed by atoms with Crippen molar-refractivity contribution in [2.45, 2.75) is 85.7 Å². The van der Waals surface area contributed by atoms with Crippen LogP contribution in [-0.2, 0) is 28.9 Å². The second-order valence-electron chi connectivity index (χ2n) is 10.0. The van der Waals surface area contributed by atoms with E-state index in [1.54, 1.807) is 12.5 Å². The van der Waals surface area contributed by atoms with Gasteiger partial charge in [0.05, 0.1) is 31.6 Å². The molecule has 0 radical (unpaired) electrons. The SMILES string of the molecule is CC(C)(C)Cn1cnc(CCCOC(N)=O)c1.CCC(C)(C)NC(=O)OCCCc1cnc[nH]1. The summed E-state index contributed by atoms with van der Waals surface area (Å²) in [5, 5.41) is 2.82. The number of aromatic nitrogens is 4. The van der Waals surface area contributed by atoms with E-state index in [4.69, 9.17) is 10.5 Å². The predicted octanol–water partition coefficient (Wildman–Crippen LogP) is 4.21. The standard InChI is InChI=1S/2C12H21N3O2/c1-12(2,3)8-15-7-10(14-9-15)5-4-6-17-11(13)16;1-4-12(2,3)15-11(16)17-7-5-6-10-8-13-9-14-10/h7,9H,4-6,8H2,1-3H3,(H2,13,16);8-9H,4-7H2,1-3H3,(H,13,14)(H,15,16). The highest BCUT2D eigenvalue weighted by Gasteiger charge is 2.18. The fourth-order valence-corrected chi connectivity index (χ4v) is 2.85. The molecular formula is C24H42N6O4. The van der Waals surface area contributed by atoms with E-state index in [1.165, 1.54) is 0 Å². The molecule has 0 saturated carbocycles. The lowest BCUT2D eigenvalue weighted by molar-refractivity contribution is 0.134. The Labute approximate surface area is 203 Å². The lowest BCUT2D eigenvalue weighted by atomic mass is 9.97. The summed E-state index contributed by atoms with van der Waals surface area (Å²) in [5.74, 6) is 0. The van der Waals surface area contributed by atoms with E-state index in [0.29, 0.717) is 13.2 Å². The second kappa shape index (κ2) is 14.3. The number of primary amides is 1. The molecule has 0 spiro atoms. The molecule has 10 nitrogen and oxygen atoms in total. The zero-order chi connectivity index (χ0) is 25.6. The van der Waals surface area contributed by atoms with Crippen molar-refractivity contribution in [3.05, 3.63) is 36.4 Å². The molecule has 4 N–H and O–H groups in total. The third-order valence-electron chi connectivity index (χ3n) is 4.87. The Bertz CT molecular complexity index is 840. The molecule has 0 aromatic carbocycles. The van der Waals surface area contributed by atoms with Crippen LogP contribution in [0.5, 0.6) is 0 Å². The number of nitrogens with one attached hydrogen (secondary N) is 2. The molecule has 0 aliphatic carbocycles. The number of aryl methyl sites for hydroxylation is 2. The summed E-state index contributed by atoms with van der Waals surface area (Å²) >= 11 is 0. The van der Waals surface area contributed by atoms with Gasteiger partial charge in [-0.2, -0.15) is 0 Å². The molecule has 0 aliphatic rings. The lowest BCUT2D eigenvalue weighted by Gasteiger charge is -2.23. The highest BCUT2D eigenvalue weighted by atomic mass is 16.5. The number of H-pyrrole nitrogens is 1. The van der Waals surface area contributed by atoms with E-state index in [9.17, 15) is 9.59 Å². The number of imidazole rings is 2. The summed E-state index contributed by atoms with van der Waals surface area (Å²) < 4.78 is 11.8. The van der Waals surface area contributed by atoms with Crippen LogP contribution in [0.4, 0.5) is 9.59 Å².